The highest BCUT2D eigenvalue weighted by Gasteiger charge is 2.44. The van der Waals surface area contributed by atoms with Crippen LogP contribution in [-0.4, -0.2) is 34.0 Å². The van der Waals surface area contributed by atoms with Gasteiger partial charge in [0.1, 0.15) is 0 Å². The Hall–Kier alpha value is -1.13. The van der Waals surface area contributed by atoms with Crippen molar-refractivity contribution < 1.29 is 20.1 Å². The van der Waals surface area contributed by atoms with Crippen molar-refractivity contribution in [2.75, 3.05) is 6.61 Å². The van der Waals surface area contributed by atoms with Crippen LogP contribution in [0.1, 0.15) is 64.7 Å². The van der Waals surface area contributed by atoms with E-state index >= 15 is 0 Å². The van der Waals surface area contributed by atoms with E-state index in [4.69, 9.17) is 5.11 Å². The van der Waals surface area contributed by atoms with Gasteiger partial charge in [0.05, 0.1) is 18.6 Å². The average molecular weight is 377 g/mol. The third-order valence-electron chi connectivity index (χ3n) is 7.53. The molecule has 0 bridgehead atoms. The minimum absolute atomic E-state index is 0.0277. The van der Waals surface area contributed by atoms with E-state index < -0.39 is 5.97 Å². The first-order chi connectivity index (χ1) is 13.0. The largest absolute Gasteiger partial charge is 0.481 e. The number of aliphatic hydroxyl groups is 2. The average Bonchev–Trinajstić information content (AvgIpc) is 3.32. The molecule has 0 heterocycles. The third-order valence-corrected chi connectivity index (χ3v) is 7.53. The Bertz CT molecular complexity index is 567. The zero-order valence-electron chi connectivity index (χ0n) is 16.6. The van der Waals surface area contributed by atoms with Crippen LogP contribution in [0.3, 0.4) is 0 Å². The summed E-state index contributed by atoms with van der Waals surface area (Å²) in [5, 5.41) is 29.0. The number of rotatable bonds is 8. The zero-order valence-corrected chi connectivity index (χ0v) is 16.6. The Kier molecular flexibility index (Phi) is 7.16. The lowest BCUT2D eigenvalue weighted by Crippen LogP contribution is -2.22. The highest BCUT2D eigenvalue weighted by atomic mass is 16.4. The number of aliphatic carboxylic acids is 1. The first-order valence-electron chi connectivity index (χ1n) is 10.9. The van der Waals surface area contributed by atoms with E-state index in [1.165, 1.54) is 18.4 Å². The number of carboxylic acid groups (broad SMARTS) is 1. The van der Waals surface area contributed by atoms with E-state index in [0.717, 1.165) is 50.9 Å². The van der Waals surface area contributed by atoms with Gasteiger partial charge in [-0.3, -0.25) is 4.79 Å². The van der Waals surface area contributed by atoms with Gasteiger partial charge in [-0.25, -0.2) is 0 Å². The van der Waals surface area contributed by atoms with Crippen molar-refractivity contribution in [2.24, 2.45) is 35.5 Å². The van der Waals surface area contributed by atoms with E-state index in [2.05, 4.69) is 13.0 Å². The molecule has 0 aromatic heterocycles. The molecule has 0 aliphatic heterocycles. The van der Waals surface area contributed by atoms with Gasteiger partial charge in [0.25, 0.3) is 0 Å². The van der Waals surface area contributed by atoms with Crippen LogP contribution in [0.4, 0.5) is 0 Å². The molecule has 3 fully saturated rings. The fourth-order valence-corrected chi connectivity index (χ4v) is 6.04. The van der Waals surface area contributed by atoms with Crippen LogP contribution >= 0.6 is 0 Å². The summed E-state index contributed by atoms with van der Waals surface area (Å²) >= 11 is 0. The lowest BCUT2D eigenvalue weighted by molar-refractivity contribution is -0.143. The van der Waals surface area contributed by atoms with Crippen molar-refractivity contribution in [3.63, 3.8) is 0 Å². The molecule has 0 radical (unpaired) electrons. The molecule has 3 saturated carbocycles. The maximum Gasteiger partial charge on any atom is 0.306 e. The molecule has 0 saturated heterocycles. The molecule has 3 N–H and O–H groups in total. The maximum absolute atomic E-state index is 11.8. The van der Waals surface area contributed by atoms with Crippen LogP contribution in [0.15, 0.2) is 23.8 Å². The molecular formula is C23H36O4. The molecule has 0 amide bonds. The minimum atomic E-state index is -0.615. The standard InChI is InChI=1S/C23H36O4/c1-2-15-8-9-17(11-15)19(23(26)27)6-3-5-16-12-18-14-22(25)20(7-4-10-24)21(18)13-16/h4-5,7,15,17-22,24-25H,2-3,6,8-14H2,1H3,(H,26,27)/t15?,17?,18-,19?,20-,21+,22-/m1/s1. The first kappa shape index (κ1) is 20.6. The molecular weight excluding hydrogens is 340 g/mol. The molecule has 4 heteroatoms. The van der Waals surface area contributed by atoms with Crippen LogP contribution in [-0.2, 0) is 4.79 Å². The Morgan fingerprint density at radius 2 is 2.07 bits per heavy atom. The second kappa shape index (κ2) is 9.38. The van der Waals surface area contributed by atoms with Gasteiger partial charge in [-0.15, -0.1) is 0 Å². The number of fused-ring (bicyclic) bond motifs is 1. The number of hydrogen-bond donors (Lipinski definition) is 3. The van der Waals surface area contributed by atoms with Crippen LogP contribution in [0.5, 0.6) is 0 Å². The van der Waals surface area contributed by atoms with Crippen LogP contribution in [0.25, 0.3) is 0 Å². The second-order valence-electron chi connectivity index (χ2n) is 9.06. The van der Waals surface area contributed by atoms with Gasteiger partial charge < -0.3 is 15.3 Å². The van der Waals surface area contributed by atoms with E-state index in [1.54, 1.807) is 6.08 Å². The van der Waals surface area contributed by atoms with Crippen LogP contribution in [0, 0.1) is 35.5 Å². The van der Waals surface area contributed by atoms with E-state index in [0.29, 0.717) is 17.8 Å². The summed E-state index contributed by atoms with van der Waals surface area (Å²) in [7, 11) is 0. The molecule has 0 aromatic carbocycles. The minimum Gasteiger partial charge on any atom is -0.481 e. The number of carbonyl (C=O) groups is 1. The lowest BCUT2D eigenvalue weighted by atomic mass is 9.86. The predicted octanol–water partition coefficient (Wildman–Crippen LogP) is 4.18. The maximum atomic E-state index is 11.8. The molecule has 3 unspecified atom stereocenters. The van der Waals surface area contributed by atoms with Gasteiger partial charge in [-0.05, 0) is 68.6 Å². The van der Waals surface area contributed by atoms with E-state index in [1.807, 2.05) is 6.08 Å². The van der Waals surface area contributed by atoms with E-state index in [9.17, 15) is 15.0 Å². The summed E-state index contributed by atoms with van der Waals surface area (Å²) in [6, 6.07) is 0. The highest BCUT2D eigenvalue weighted by Crippen LogP contribution is 2.50. The molecule has 27 heavy (non-hydrogen) atoms. The monoisotopic (exact) mass is 376 g/mol. The number of allylic oxidation sites excluding steroid dienone is 2. The first-order valence-corrected chi connectivity index (χ1v) is 10.9. The fraction of sp³-hybridized carbons (Fsp3) is 0.783. The summed E-state index contributed by atoms with van der Waals surface area (Å²) in [5.74, 6) is 1.44. The molecule has 3 aliphatic carbocycles. The fourth-order valence-electron chi connectivity index (χ4n) is 6.04. The Morgan fingerprint density at radius 3 is 2.74 bits per heavy atom. The van der Waals surface area contributed by atoms with Gasteiger partial charge in [0.2, 0.25) is 0 Å². The summed E-state index contributed by atoms with van der Waals surface area (Å²) in [6.07, 6.45) is 14.8. The van der Waals surface area contributed by atoms with Gasteiger partial charge in [-0.1, -0.05) is 43.6 Å². The highest BCUT2D eigenvalue weighted by molar-refractivity contribution is 5.70. The predicted molar refractivity (Wildman–Crippen MR) is 106 cm³/mol. The second-order valence-corrected chi connectivity index (χ2v) is 9.06. The SMILES string of the molecule is CCC1CCC(C(CCC=C2C[C@@H]3C[C@@H](O)[C@H](C=CCO)[C@H]3C2)C(=O)O)C1. The number of hydrogen-bond acceptors (Lipinski definition) is 3. The molecule has 0 aromatic rings. The third kappa shape index (κ3) is 4.83. The van der Waals surface area contributed by atoms with Gasteiger partial charge in [-0.2, -0.15) is 0 Å². The molecule has 3 rings (SSSR count). The molecule has 0 spiro atoms. The molecule has 152 valence electrons. The van der Waals surface area contributed by atoms with Crippen molar-refractivity contribution in [3.05, 3.63) is 23.8 Å². The summed E-state index contributed by atoms with van der Waals surface area (Å²) in [4.78, 5) is 11.8. The van der Waals surface area contributed by atoms with Crippen molar-refractivity contribution in [3.8, 4) is 0 Å². The Labute approximate surface area is 163 Å². The van der Waals surface area contributed by atoms with Gasteiger partial charge >= 0.3 is 5.97 Å². The Balaban J connectivity index is 1.53. The lowest BCUT2D eigenvalue weighted by Gasteiger charge is -2.19. The molecule has 7 atom stereocenters. The van der Waals surface area contributed by atoms with Crippen molar-refractivity contribution in [1.29, 1.82) is 0 Å². The molecule has 3 aliphatic rings. The van der Waals surface area contributed by atoms with Crippen molar-refractivity contribution in [2.45, 2.75) is 70.8 Å². The molecule has 4 nitrogen and oxygen atoms in total. The van der Waals surface area contributed by atoms with Gasteiger partial charge in [0.15, 0.2) is 0 Å². The zero-order chi connectivity index (χ0) is 19.4. The van der Waals surface area contributed by atoms with E-state index in [-0.39, 0.29) is 24.5 Å². The topological polar surface area (TPSA) is 77.8 Å². The quantitative estimate of drug-likeness (QED) is 0.556. The smallest absolute Gasteiger partial charge is 0.306 e. The number of aliphatic hydroxyl groups excluding tert-OH is 2. The summed E-state index contributed by atoms with van der Waals surface area (Å²) in [6.45, 7) is 2.24. The normalized spacial score (nSPS) is 38.7. The Morgan fingerprint density at radius 1 is 1.26 bits per heavy atom. The van der Waals surface area contributed by atoms with Crippen molar-refractivity contribution >= 4 is 5.97 Å². The van der Waals surface area contributed by atoms with Crippen LogP contribution in [0.2, 0.25) is 0 Å². The summed E-state index contributed by atoms with van der Waals surface area (Å²) < 4.78 is 0. The van der Waals surface area contributed by atoms with Gasteiger partial charge in [0, 0.05) is 5.92 Å². The number of carboxylic acids is 1. The van der Waals surface area contributed by atoms with Crippen LogP contribution < -0.4 is 0 Å². The summed E-state index contributed by atoms with van der Waals surface area (Å²) in [5.41, 5.74) is 1.45. The van der Waals surface area contributed by atoms with Crippen molar-refractivity contribution in [1.82, 2.24) is 0 Å².